The molecule has 0 aliphatic carbocycles. The molecule has 0 bridgehead atoms. The lowest BCUT2D eigenvalue weighted by atomic mass is 10.4. The van der Waals surface area contributed by atoms with E-state index in [1.807, 2.05) is 19.0 Å². The number of carboxylic acids is 1. The lowest BCUT2D eigenvalue weighted by molar-refractivity contribution is -0.388. The van der Waals surface area contributed by atoms with E-state index in [9.17, 15) is 14.9 Å². The molecule has 0 fully saturated rings. The number of aliphatic carboxylic acids is 1. The van der Waals surface area contributed by atoms with Crippen LogP contribution in [-0.4, -0.2) is 64.2 Å². The number of anilines is 1. The van der Waals surface area contributed by atoms with Crippen molar-refractivity contribution in [3.05, 3.63) is 16.4 Å². The van der Waals surface area contributed by atoms with E-state index in [0.29, 0.717) is 13.1 Å². The second kappa shape index (κ2) is 6.14. The van der Waals surface area contributed by atoms with Gasteiger partial charge < -0.3 is 25.0 Å². The molecule has 1 heterocycles. The summed E-state index contributed by atoms with van der Waals surface area (Å²) < 4.78 is 1.46. The number of nitrogens with zero attached hydrogens (tertiary/aromatic N) is 5. The maximum atomic E-state index is 10.9. The van der Waals surface area contributed by atoms with Crippen LogP contribution in [0.5, 0.6) is 0 Å². The Kier molecular flexibility index (Phi) is 4.81. The van der Waals surface area contributed by atoms with Crippen molar-refractivity contribution < 1.29 is 14.8 Å². The lowest BCUT2D eigenvalue weighted by Gasteiger charge is -2.23. The van der Waals surface area contributed by atoms with Gasteiger partial charge in [-0.2, -0.15) is 0 Å². The first-order chi connectivity index (χ1) is 8.82. The minimum absolute atomic E-state index is 0.203. The smallest absolute Gasteiger partial charge is 0.406 e. The molecule has 9 heteroatoms. The van der Waals surface area contributed by atoms with E-state index in [1.54, 1.807) is 7.05 Å². The summed E-state index contributed by atoms with van der Waals surface area (Å²) in [5, 5.41) is 19.8. The molecule has 0 aliphatic rings. The van der Waals surface area contributed by atoms with E-state index in [1.165, 1.54) is 15.8 Å². The molecular formula is C10H17N5O4. The van der Waals surface area contributed by atoms with Gasteiger partial charge in [0.2, 0.25) is 12.1 Å². The van der Waals surface area contributed by atoms with Gasteiger partial charge in [-0.15, -0.1) is 0 Å². The molecule has 0 radical (unpaired) electrons. The predicted molar refractivity (Wildman–Crippen MR) is 68.3 cm³/mol. The number of likely N-dealkylation sites (N-methyl/N-ethyl adjacent to an activating group) is 1. The first-order valence-corrected chi connectivity index (χ1v) is 5.60. The molecule has 0 atom stereocenters. The Hall–Kier alpha value is -2.16. The molecule has 0 aromatic carbocycles. The van der Waals surface area contributed by atoms with Crippen molar-refractivity contribution in [3.8, 4) is 0 Å². The van der Waals surface area contributed by atoms with Crippen LogP contribution in [0.3, 0.4) is 0 Å². The summed E-state index contributed by atoms with van der Waals surface area (Å²) in [6, 6.07) is 0. The molecule has 0 aliphatic heterocycles. The average molecular weight is 271 g/mol. The Morgan fingerprint density at radius 1 is 1.53 bits per heavy atom. The van der Waals surface area contributed by atoms with Crippen LogP contribution in [-0.2, 0) is 11.8 Å². The number of hydrogen-bond donors (Lipinski definition) is 1. The van der Waals surface area contributed by atoms with Crippen LogP contribution in [0.25, 0.3) is 0 Å². The van der Waals surface area contributed by atoms with Gasteiger partial charge in [0.15, 0.2) is 0 Å². The first kappa shape index (κ1) is 14.9. The molecule has 0 amide bonds. The van der Waals surface area contributed by atoms with E-state index >= 15 is 0 Å². The maximum Gasteiger partial charge on any atom is 0.406 e. The lowest BCUT2D eigenvalue weighted by Crippen LogP contribution is -2.37. The molecule has 106 valence electrons. The topological polar surface area (TPSA) is 105 Å². The third-order valence-electron chi connectivity index (χ3n) is 2.50. The molecule has 19 heavy (non-hydrogen) atoms. The van der Waals surface area contributed by atoms with Gasteiger partial charge in [-0.05, 0) is 24.0 Å². The van der Waals surface area contributed by atoms with Crippen molar-refractivity contribution in [1.29, 1.82) is 0 Å². The average Bonchev–Trinajstić information content (AvgIpc) is 2.66. The van der Waals surface area contributed by atoms with Gasteiger partial charge in [0.05, 0.1) is 0 Å². The third kappa shape index (κ3) is 3.91. The van der Waals surface area contributed by atoms with Crippen molar-refractivity contribution in [1.82, 2.24) is 14.5 Å². The molecule has 0 unspecified atom stereocenters. The van der Waals surface area contributed by atoms with Crippen molar-refractivity contribution >= 4 is 17.6 Å². The Morgan fingerprint density at radius 2 is 2.16 bits per heavy atom. The summed E-state index contributed by atoms with van der Waals surface area (Å²) in [7, 11) is 5.28. The fourth-order valence-corrected chi connectivity index (χ4v) is 1.65. The molecule has 1 N–H and O–H groups in total. The highest BCUT2D eigenvalue weighted by molar-refractivity contribution is 5.74. The largest absolute Gasteiger partial charge is 0.480 e. The van der Waals surface area contributed by atoms with Gasteiger partial charge in [0, 0.05) is 20.1 Å². The van der Waals surface area contributed by atoms with Gasteiger partial charge in [0.1, 0.15) is 6.54 Å². The number of carboxylic acid groups (broad SMARTS) is 1. The summed E-state index contributed by atoms with van der Waals surface area (Å²) >= 11 is 0. The zero-order chi connectivity index (χ0) is 14.6. The van der Waals surface area contributed by atoms with E-state index in [4.69, 9.17) is 5.11 Å². The number of aromatic nitrogens is 2. The highest BCUT2D eigenvalue weighted by Gasteiger charge is 2.26. The zero-order valence-corrected chi connectivity index (χ0v) is 11.1. The van der Waals surface area contributed by atoms with Crippen molar-refractivity contribution in [3.63, 3.8) is 0 Å². The van der Waals surface area contributed by atoms with Crippen LogP contribution in [0.2, 0.25) is 0 Å². The van der Waals surface area contributed by atoms with Crippen LogP contribution in [0.4, 0.5) is 11.6 Å². The fourth-order valence-electron chi connectivity index (χ4n) is 1.65. The highest BCUT2D eigenvalue weighted by Crippen LogP contribution is 2.25. The van der Waals surface area contributed by atoms with Gasteiger partial charge >= 0.3 is 11.8 Å². The second-order valence-electron chi connectivity index (χ2n) is 4.38. The number of aryl methyl sites for hydroxylation is 1. The Morgan fingerprint density at radius 3 is 2.63 bits per heavy atom. The van der Waals surface area contributed by atoms with E-state index in [-0.39, 0.29) is 18.2 Å². The summed E-state index contributed by atoms with van der Waals surface area (Å²) in [6.45, 7) is 0.628. The van der Waals surface area contributed by atoms with E-state index in [0.717, 1.165) is 0 Å². The predicted octanol–water partition coefficient (Wildman–Crippen LogP) is -0.219. The number of imidazole rings is 1. The quantitative estimate of drug-likeness (QED) is 0.540. The Balaban J connectivity index is 3.05. The summed E-state index contributed by atoms with van der Waals surface area (Å²) in [6.07, 6.45) is 1.30. The number of nitro groups is 1. The maximum absolute atomic E-state index is 10.9. The van der Waals surface area contributed by atoms with E-state index in [2.05, 4.69) is 4.98 Å². The molecule has 1 aromatic heterocycles. The van der Waals surface area contributed by atoms with Crippen LogP contribution in [0.1, 0.15) is 0 Å². The fraction of sp³-hybridized carbons (Fsp3) is 0.600. The number of rotatable bonds is 7. The molecule has 1 rings (SSSR count). The van der Waals surface area contributed by atoms with Crippen LogP contribution < -0.4 is 4.90 Å². The summed E-state index contributed by atoms with van der Waals surface area (Å²) in [5.41, 5.74) is 0. The molecule has 0 saturated carbocycles. The van der Waals surface area contributed by atoms with Gasteiger partial charge in [-0.25, -0.2) is 0 Å². The van der Waals surface area contributed by atoms with Gasteiger partial charge in [-0.3, -0.25) is 9.36 Å². The Labute approximate surface area is 110 Å². The summed E-state index contributed by atoms with van der Waals surface area (Å²) in [5.74, 6) is -1.17. The molecule has 9 nitrogen and oxygen atoms in total. The molecule has 1 aromatic rings. The third-order valence-corrected chi connectivity index (χ3v) is 2.50. The molecule has 0 saturated heterocycles. The zero-order valence-electron chi connectivity index (χ0n) is 11.1. The Bertz CT molecular complexity index is 470. The normalized spacial score (nSPS) is 10.7. The number of hydrogen-bond acceptors (Lipinski definition) is 6. The standard InChI is InChI=1S/C10H17N5O4/c1-12(2)4-5-14(6-8(16)17)10-9(15(18)19)11-7-13(10)3/h7H,4-6H2,1-3H3,(H,16,17). The SMILES string of the molecule is CN(C)CCN(CC(=O)O)c1c([N+](=O)[O-])ncn1C. The first-order valence-electron chi connectivity index (χ1n) is 5.60. The van der Waals surface area contributed by atoms with E-state index < -0.39 is 10.9 Å². The van der Waals surface area contributed by atoms with Crippen molar-refractivity contribution in [2.24, 2.45) is 7.05 Å². The molecular weight excluding hydrogens is 254 g/mol. The highest BCUT2D eigenvalue weighted by atomic mass is 16.6. The van der Waals surface area contributed by atoms with Gasteiger partial charge in [-0.1, -0.05) is 0 Å². The number of carbonyl (C=O) groups is 1. The van der Waals surface area contributed by atoms with Crippen LogP contribution in [0, 0.1) is 10.1 Å². The van der Waals surface area contributed by atoms with Gasteiger partial charge in [0.25, 0.3) is 0 Å². The van der Waals surface area contributed by atoms with Crippen LogP contribution in [0.15, 0.2) is 6.33 Å². The van der Waals surface area contributed by atoms with Crippen LogP contribution >= 0.6 is 0 Å². The summed E-state index contributed by atoms with van der Waals surface area (Å²) in [4.78, 5) is 28.2. The molecule has 0 spiro atoms. The minimum Gasteiger partial charge on any atom is -0.480 e. The minimum atomic E-state index is -1.05. The monoisotopic (exact) mass is 271 g/mol. The van der Waals surface area contributed by atoms with Crippen molar-refractivity contribution in [2.45, 2.75) is 0 Å². The second-order valence-corrected chi connectivity index (χ2v) is 4.38. The van der Waals surface area contributed by atoms with Crippen molar-refractivity contribution in [2.75, 3.05) is 38.6 Å².